The van der Waals surface area contributed by atoms with E-state index in [1.54, 1.807) is 16.0 Å². The van der Waals surface area contributed by atoms with Crippen molar-refractivity contribution in [3.05, 3.63) is 24.0 Å². The van der Waals surface area contributed by atoms with Crippen LogP contribution in [0.2, 0.25) is 0 Å². The monoisotopic (exact) mass is 331 g/mol. The highest BCUT2D eigenvalue weighted by Gasteiger charge is 2.23. The number of hydrogen-bond donors (Lipinski definition) is 0. The maximum absolute atomic E-state index is 12.7. The van der Waals surface area contributed by atoms with E-state index >= 15 is 0 Å². The molecule has 2 fully saturated rings. The number of aromatic nitrogens is 1. The zero-order valence-electron chi connectivity index (χ0n) is 14.2. The van der Waals surface area contributed by atoms with Crippen LogP contribution in [0.15, 0.2) is 18.5 Å². The highest BCUT2D eigenvalue weighted by Crippen LogP contribution is 2.18. The second-order valence-electron chi connectivity index (χ2n) is 6.29. The Morgan fingerprint density at radius 3 is 2.42 bits per heavy atom. The number of nitrogens with zero attached hydrogens (tertiary/aromatic N) is 5. The van der Waals surface area contributed by atoms with Crippen LogP contribution in [-0.4, -0.2) is 90.9 Å². The zero-order valence-corrected chi connectivity index (χ0v) is 14.2. The first-order chi connectivity index (χ1) is 11.7. The van der Waals surface area contributed by atoms with Gasteiger partial charge in [0.25, 0.3) is 5.91 Å². The highest BCUT2D eigenvalue weighted by molar-refractivity contribution is 5.95. The van der Waals surface area contributed by atoms with Gasteiger partial charge in [0, 0.05) is 58.6 Å². The van der Waals surface area contributed by atoms with Crippen LogP contribution in [0, 0.1) is 0 Å². The maximum atomic E-state index is 12.7. The first-order valence-electron chi connectivity index (χ1n) is 8.62. The molecule has 0 aromatic carbocycles. The van der Waals surface area contributed by atoms with Crippen molar-refractivity contribution in [2.24, 2.45) is 0 Å². The molecule has 1 aromatic heterocycles. The van der Waals surface area contributed by atoms with Crippen LogP contribution in [0.1, 0.15) is 17.3 Å². The van der Waals surface area contributed by atoms with Gasteiger partial charge in [0.05, 0.1) is 17.4 Å². The molecular formula is C17H25N5O2. The Labute approximate surface area is 142 Å². The lowest BCUT2D eigenvalue weighted by atomic mass is 10.2. The quantitative estimate of drug-likeness (QED) is 0.735. The molecule has 0 atom stereocenters. The van der Waals surface area contributed by atoms with Crippen molar-refractivity contribution in [2.45, 2.75) is 6.92 Å². The molecule has 0 spiro atoms. The number of carbonyl (C=O) groups is 2. The van der Waals surface area contributed by atoms with Crippen molar-refractivity contribution < 1.29 is 9.59 Å². The summed E-state index contributed by atoms with van der Waals surface area (Å²) in [4.78, 5) is 35.9. The van der Waals surface area contributed by atoms with Crippen LogP contribution in [0.5, 0.6) is 0 Å². The highest BCUT2D eigenvalue weighted by atomic mass is 16.2. The van der Waals surface area contributed by atoms with Crippen molar-refractivity contribution in [3.63, 3.8) is 0 Å². The Morgan fingerprint density at radius 1 is 1.08 bits per heavy atom. The molecular weight excluding hydrogens is 306 g/mol. The number of rotatable bonds is 4. The summed E-state index contributed by atoms with van der Waals surface area (Å²) in [5.41, 5.74) is 1.65. The Hall–Kier alpha value is -2.15. The van der Waals surface area contributed by atoms with Crippen molar-refractivity contribution in [3.8, 4) is 0 Å². The molecule has 1 aromatic rings. The molecule has 0 bridgehead atoms. The number of pyridine rings is 1. The molecule has 24 heavy (non-hydrogen) atoms. The molecule has 0 saturated carbocycles. The molecule has 3 heterocycles. The maximum Gasteiger partial charge on any atom is 0.255 e. The van der Waals surface area contributed by atoms with Gasteiger partial charge in [0.2, 0.25) is 6.41 Å². The fourth-order valence-electron chi connectivity index (χ4n) is 3.25. The summed E-state index contributed by atoms with van der Waals surface area (Å²) in [5.74, 6) is 0.00194. The van der Waals surface area contributed by atoms with E-state index in [2.05, 4.69) is 21.7 Å². The van der Waals surface area contributed by atoms with Crippen LogP contribution in [0.3, 0.4) is 0 Å². The lowest BCUT2D eigenvalue weighted by molar-refractivity contribution is -0.119. The van der Waals surface area contributed by atoms with E-state index in [1.807, 2.05) is 12.3 Å². The lowest BCUT2D eigenvalue weighted by Crippen LogP contribution is -2.48. The van der Waals surface area contributed by atoms with Gasteiger partial charge in [-0.15, -0.1) is 0 Å². The summed E-state index contributed by atoms with van der Waals surface area (Å²) in [6.07, 6.45) is 4.32. The van der Waals surface area contributed by atoms with Crippen LogP contribution in [-0.2, 0) is 4.79 Å². The normalized spacial score (nSPS) is 19.5. The molecule has 0 radical (unpaired) electrons. The van der Waals surface area contributed by atoms with E-state index in [1.165, 1.54) is 0 Å². The van der Waals surface area contributed by atoms with E-state index in [-0.39, 0.29) is 5.91 Å². The van der Waals surface area contributed by atoms with Crippen LogP contribution in [0.25, 0.3) is 0 Å². The molecule has 130 valence electrons. The Bertz CT molecular complexity index is 578. The topological polar surface area (TPSA) is 60.0 Å². The zero-order chi connectivity index (χ0) is 16.9. The van der Waals surface area contributed by atoms with Gasteiger partial charge in [-0.05, 0) is 12.6 Å². The average Bonchev–Trinajstić information content (AvgIpc) is 2.67. The van der Waals surface area contributed by atoms with Gasteiger partial charge < -0.3 is 19.6 Å². The van der Waals surface area contributed by atoms with Crippen LogP contribution < -0.4 is 4.90 Å². The summed E-state index contributed by atoms with van der Waals surface area (Å²) >= 11 is 0. The Balaban J connectivity index is 1.65. The fraction of sp³-hybridized carbons (Fsp3) is 0.588. The second-order valence-corrected chi connectivity index (χ2v) is 6.29. The van der Waals surface area contributed by atoms with Crippen LogP contribution in [0.4, 0.5) is 5.69 Å². The minimum atomic E-state index is 0.00194. The fourth-order valence-corrected chi connectivity index (χ4v) is 3.25. The van der Waals surface area contributed by atoms with Crippen molar-refractivity contribution in [1.82, 2.24) is 19.7 Å². The smallest absolute Gasteiger partial charge is 0.255 e. The average molecular weight is 331 g/mol. The van der Waals surface area contributed by atoms with Crippen molar-refractivity contribution >= 4 is 18.0 Å². The molecule has 0 N–H and O–H groups in total. The third kappa shape index (κ3) is 3.67. The third-order valence-electron chi connectivity index (χ3n) is 4.91. The number of carbonyl (C=O) groups excluding carboxylic acids is 2. The molecule has 2 amide bonds. The lowest BCUT2D eigenvalue weighted by Gasteiger charge is -2.35. The molecule has 0 aliphatic carbocycles. The van der Waals surface area contributed by atoms with Gasteiger partial charge in [0.1, 0.15) is 0 Å². The largest absolute Gasteiger partial charge is 0.368 e. The molecule has 3 rings (SSSR count). The molecule has 2 aliphatic rings. The molecule has 7 heteroatoms. The second kappa shape index (κ2) is 7.61. The van der Waals surface area contributed by atoms with E-state index in [4.69, 9.17) is 0 Å². The van der Waals surface area contributed by atoms with Gasteiger partial charge in [-0.2, -0.15) is 0 Å². The summed E-state index contributed by atoms with van der Waals surface area (Å²) < 4.78 is 0. The van der Waals surface area contributed by atoms with E-state index in [0.29, 0.717) is 31.7 Å². The molecule has 0 unspecified atom stereocenters. The predicted molar refractivity (Wildman–Crippen MR) is 92.1 cm³/mol. The van der Waals surface area contributed by atoms with Gasteiger partial charge >= 0.3 is 0 Å². The minimum Gasteiger partial charge on any atom is -0.368 e. The number of hydrogen-bond acceptors (Lipinski definition) is 5. The standard InChI is InChI=1S/C17H25N5O2/c1-2-19-3-7-21(8-4-19)16-11-15(12-18-13-16)17(24)22-9-5-20(14-23)6-10-22/h11-14H,2-10H2,1H3. The molecule has 2 aliphatic heterocycles. The van der Waals surface area contributed by atoms with Gasteiger partial charge in [-0.1, -0.05) is 6.92 Å². The van der Waals surface area contributed by atoms with Crippen LogP contribution >= 0.6 is 0 Å². The Kier molecular flexibility index (Phi) is 5.30. The SMILES string of the molecule is CCN1CCN(c2cncc(C(=O)N3CCN(C=O)CC3)c2)CC1. The molecule has 7 nitrogen and oxygen atoms in total. The summed E-state index contributed by atoms with van der Waals surface area (Å²) in [7, 11) is 0. The minimum absolute atomic E-state index is 0.00194. The number of likely N-dealkylation sites (N-methyl/N-ethyl adjacent to an activating group) is 1. The first-order valence-corrected chi connectivity index (χ1v) is 8.62. The van der Waals surface area contributed by atoms with E-state index in [9.17, 15) is 9.59 Å². The van der Waals surface area contributed by atoms with E-state index < -0.39 is 0 Å². The molecule has 2 saturated heterocycles. The van der Waals surface area contributed by atoms with Gasteiger partial charge in [-0.25, -0.2) is 0 Å². The summed E-state index contributed by atoms with van der Waals surface area (Å²) in [6.45, 7) is 9.63. The van der Waals surface area contributed by atoms with Gasteiger partial charge in [-0.3, -0.25) is 14.6 Å². The number of piperazine rings is 2. The van der Waals surface area contributed by atoms with E-state index in [0.717, 1.165) is 44.8 Å². The first kappa shape index (κ1) is 16.7. The summed E-state index contributed by atoms with van der Waals surface area (Å²) in [6, 6.07) is 1.95. The Morgan fingerprint density at radius 2 is 1.79 bits per heavy atom. The number of anilines is 1. The predicted octanol–water partition coefficient (Wildman–Crippen LogP) is 0.138. The van der Waals surface area contributed by atoms with Gasteiger partial charge in [0.15, 0.2) is 0 Å². The third-order valence-corrected chi connectivity index (χ3v) is 4.91. The van der Waals surface area contributed by atoms with Crippen molar-refractivity contribution in [2.75, 3.05) is 63.8 Å². The number of amides is 2. The summed E-state index contributed by atoms with van der Waals surface area (Å²) in [5, 5.41) is 0. The van der Waals surface area contributed by atoms with Crippen molar-refractivity contribution in [1.29, 1.82) is 0 Å².